The summed E-state index contributed by atoms with van der Waals surface area (Å²) in [6.07, 6.45) is -1.25. The minimum absolute atomic E-state index is 0.203. The molecular formula is C15H13BrF3N5O2. The number of rotatable bonds is 3. The molecule has 11 heteroatoms. The van der Waals surface area contributed by atoms with Gasteiger partial charge in [-0.1, -0.05) is 5.16 Å². The fourth-order valence-electron chi connectivity index (χ4n) is 2.12. The van der Waals surface area contributed by atoms with Gasteiger partial charge in [0.15, 0.2) is 5.65 Å². The summed E-state index contributed by atoms with van der Waals surface area (Å²) in [6, 6.07) is 3.68. The molecule has 138 valence electrons. The average Bonchev–Trinajstić information content (AvgIpc) is 3.18. The summed E-state index contributed by atoms with van der Waals surface area (Å²) in [4.78, 5) is 16.2. The van der Waals surface area contributed by atoms with Gasteiger partial charge in [0.25, 0.3) is 0 Å². The largest absolute Gasteiger partial charge is 0.399 e. The van der Waals surface area contributed by atoms with Crippen molar-refractivity contribution in [1.29, 1.82) is 0 Å². The monoisotopic (exact) mass is 431 g/mol. The van der Waals surface area contributed by atoms with Crippen LogP contribution < -0.4 is 10.6 Å². The molecule has 0 fully saturated rings. The number of alkyl halides is 3. The van der Waals surface area contributed by atoms with Gasteiger partial charge >= 0.3 is 12.2 Å². The smallest absolute Gasteiger partial charge is 0.338 e. The standard InChI is InChI=1S/C15H13BrF3N5O2/c1-14(2,15(17,18)19)9-7-11(26-23-9)22-13(25)21-8-3-4-10(16)24-6-5-20-12(8)24/h3-7H,1-2H3,(H2,21,22,25). The van der Waals surface area contributed by atoms with Crippen molar-refractivity contribution in [2.45, 2.75) is 25.4 Å². The average molecular weight is 432 g/mol. The molecule has 0 radical (unpaired) electrons. The van der Waals surface area contributed by atoms with Crippen LogP contribution in [0.1, 0.15) is 19.5 Å². The number of aromatic nitrogens is 3. The Bertz CT molecular complexity index is 964. The van der Waals surface area contributed by atoms with Crippen molar-refractivity contribution in [2.24, 2.45) is 0 Å². The van der Waals surface area contributed by atoms with Crippen molar-refractivity contribution in [3.05, 3.63) is 40.9 Å². The highest BCUT2D eigenvalue weighted by atomic mass is 79.9. The van der Waals surface area contributed by atoms with Gasteiger partial charge in [0.1, 0.15) is 11.1 Å². The predicted molar refractivity (Wildman–Crippen MR) is 91.1 cm³/mol. The van der Waals surface area contributed by atoms with Gasteiger partial charge in [0.05, 0.1) is 10.3 Å². The van der Waals surface area contributed by atoms with Gasteiger partial charge in [-0.05, 0) is 41.9 Å². The molecule has 3 rings (SSSR count). The fraction of sp³-hybridized carbons (Fsp3) is 0.267. The van der Waals surface area contributed by atoms with E-state index < -0.39 is 17.6 Å². The van der Waals surface area contributed by atoms with Crippen LogP contribution in [0.15, 0.2) is 39.7 Å². The summed E-state index contributed by atoms with van der Waals surface area (Å²) < 4.78 is 46.3. The summed E-state index contributed by atoms with van der Waals surface area (Å²) in [7, 11) is 0. The highest BCUT2D eigenvalue weighted by Gasteiger charge is 2.50. The minimum Gasteiger partial charge on any atom is -0.338 e. The van der Waals surface area contributed by atoms with Gasteiger partial charge in [0.2, 0.25) is 5.88 Å². The van der Waals surface area contributed by atoms with Crippen LogP contribution in [-0.2, 0) is 5.41 Å². The van der Waals surface area contributed by atoms with Crippen LogP contribution in [0.25, 0.3) is 5.65 Å². The number of hydrogen-bond acceptors (Lipinski definition) is 4. The van der Waals surface area contributed by atoms with Crippen LogP contribution >= 0.6 is 15.9 Å². The number of imidazole rings is 1. The van der Waals surface area contributed by atoms with Gasteiger partial charge in [-0.3, -0.25) is 9.72 Å². The number of nitrogens with zero attached hydrogens (tertiary/aromatic N) is 3. The van der Waals surface area contributed by atoms with E-state index in [0.717, 1.165) is 24.5 Å². The molecule has 0 aliphatic carbocycles. The molecular weight excluding hydrogens is 419 g/mol. The zero-order valence-corrected chi connectivity index (χ0v) is 15.1. The SMILES string of the molecule is CC(C)(c1cc(NC(=O)Nc2ccc(Br)n3ccnc23)on1)C(F)(F)F. The molecule has 3 aromatic heterocycles. The van der Waals surface area contributed by atoms with E-state index in [4.69, 9.17) is 4.52 Å². The van der Waals surface area contributed by atoms with E-state index in [1.165, 1.54) is 0 Å². The number of carbonyl (C=O) groups excluding carboxylic acids is 1. The first-order valence-electron chi connectivity index (χ1n) is 7.33. The first kappa shape index (κ1) is 18.2. The Balaban J connectivity index is 1.75. The lowest BCUT2D eigenvalue weighted by Gasteiger charge is -2.24. The Hall–Kier alpha value is -2.56. The molecule has 0 spiro atoms. The van der Waals surface area contributed by atoms with Crippen molar-refractivity contribution in [3.63, 3.8) is 0 Å². The van der Waals surface area contributed by atoms with Gasteiger partial charge < -0.3 is 9.84 Å². The number of carbonyl (C=O) groups is 1. The molecule has 26 heavy (non-hydrogen) atoms. The van der Waals surface area contributed by atoms with Gasteiger partial charge in [-0.25, -0.2) is 9.78 Å². The Kier molecular flexibility index (Phi) is 4.42. The van der Waals surface area contributed by atoms with E-state index in [0.29, 0.717) is 11.3 Å². The molecule has 2 N–H and O–H groups in total. The van der Waals surface area contributed by atoms with E-state index in [1.807, 2.05) is 0 Å². The number of urea groups is 1. The molecule has 3 aromatic rings. The van der Waals surface area contributed by atoms with Crippen molar-refractivity contribution in [3.8, 4) is 0 Å². The van der Waals surface area contributed by atoms with Crippen LogP contribution in [-0.4, -0.2) is 26.7 Å². The van der Waals surface area contributed by atoms with Crippen LogP contribution in [0, 0.1) is 0 Å². The second kappa shape index (κ2) is 6.31. The highest BCUT2D eigenvalue weighted by molar-refractivity contribution is 9.10. The number of anilines is 2. The van der Waals surface area contributed by atoms with Crippen molar-refractivity contribution >= 4 is 39.2 Å². The number of fused-ring (bicyclic) bond motifs is 1. The van der Waals surface area contributed by atoms with Gasteiger partial charge in [0, 0.05) is 18.5 Å². The number of nitrogens with one attached hydrogen (secondary N) is 2. The molecule has 0 aromatic carbocycles. The van der Waals surface area contributed by atoms with Crippen molar-refractivity contribution < 1.29 is 22.5 Å². The van der Waals surface area contributed by atoms with E-state index in [-0.39, 0.29) is 11.6 Å². The zero-order chi connectivity index (χ0) is 19.1. The third kappa shape index (κ3) is 3.26. The topological polar surface area (TPSA) is 84.5 Å². The zero-order valence-electron chi connectivity index (χ0n) is 13.6. The molecule has 0 bridgehead atoms. The van der Waals surface area contributed by atoms with Crippen LogP contribution in [0.2, 0.25) is 0 Å². The Labute approximate surface area is 153 Å². The maximum Gasteiger partial charge on any atom is 0.399 e. The fourth-order valence-corrected chi connectivity index (χ4v) is 2.54. The molecule has 0 aliphatic rings. The Morgan fingerprint density at radius 2 is 2.00 bits per heavy atom. The molecule has 7 nitrogen and oxygen atoms in total. The molecule has 3 heterocycles. The van der Waals surface area contributed by atoms with Gasteiger partial charge in [-0.15, -0.1) is 0 Å². The normalized spacial score (nSPS) is 12.4. The summed E-state index contributed by atoms with van der Waals surface area (Å²) in [5.41, 5.74) is -1.64. The first-order chi connectivity index (χ1) is 12.1. The quantitative estimate of drug-likeness (QED) is 0.594. The first-order valence-corrected chi connectivity index (χ1v) is 8.12. The lowest BCUT2D eigenvalue weighted by atomic mass is 9.89. The summed E-state index contributed by atoms with van der Waals surface area (Å²) in [5, 5.41) is 8.28. The third-order valence-corrected chi connectivity index (χ3v) is 4.49. The minimum atomic E-state index is -4.51. The Morgan fingerprint density at radius 1 is 1.27 bits per heavy atom. The second-order valence-electron chi connectivity index (χ2n) is 5.97. The molecule has 0 saturated carbocycles. The number of pyridine rings is 1. The number of amides is 2. The van der Waals surface area contributed by atoms with Crippen LogP contribution in [0.3, 0.4) is 0 Å². The molecule has 0 atom stereocenters. The maximum atomic E-state index is 13.0. The molecule has 0 saturated heterocycles. The summed E-state index contributed by atoms with van der Waals surface area (Å²) >= 11 is 3.35. The predicted octanol–water partition coefficient (Wildman–Crippen LogP) is 4.57. The highest BCUT2D eigenvalue weighted by Crippen LogP contribution is 2.40. The molecule has 2 amide bonds. The van der Waals surface area contributed by atoms with Crippen LogP contribution in [0.5, 0.6) is 0 Å². The summed E-state index contributed by atoms with van der Waals surface area (Å²) in [6.45, 7) is 1.96. The molecule has 0 unspecified atom stereocenters. The van der Waals surface area contributed by atoms with E-state index in [1.54, 1.807) is 28.9 Å². The third-order valence-electron chi connectivity index (χ3n) is 3.84. The van der Waals surface area contributed by atoms with Crippen LogP contribution in [0.4, 0.5) is 29.5 Å². The lowest BCUT2D eigenvalue weighted by Crippen LogP contribution is -2.36. The van der Waals surface area contributed by atoms with E-state index >= 15 is 0 Å². The second-order valence-corrected chi connectivity index (χ2v) is 6.78. The lowest BCUT2D eigenvalue weighted by molar-refractivity contribution is -0.181. The number of halogens is 4. The molecule has 0 aliphatic heterocycles. The number of hydrogen-bond donors (Lipinski definition) is 2. The van der Waals surface area contributed by atoms with Gasteiger partial charge in [-0.2, -0.15) is 13.2 Å². The van der Waals surface area contributed by atoms with Crippen molar-refractivity contribution in [2.75, 3.05) is 10.6 Å². The van der Waals surface area contributed by atoms with E-state index in [9.17, 15) is 18.0 Å². The Morgan fingerprint density at radius 3 is 2.69 bits per heavy atom. The van der Waals surface area contributed by atoms with E-state index in [2.05, 4.69) is 36.7 Å². The summed E-state index contributed by atoms with van der Waals surface area (Å²) in [5.74, 6) is -0.203. The maximum absolute atomic E-state index is 13.0. The van der Waals surface area contributed by atoms with Crippen molar-refractivity contribution in [1.82, 2.24) is 14.5 Å².